The van der Waals surface area contributed by atoms with E-state index in [1.807, 2.05) is 0 Å². The summed E-state index contributed by atoms with van der Waals surface area (Å²) in [6, 6.07) is 2.76. The Balaban J connectivity index is 2.71. The first-order chi connectivity index (χ1) is 8.40. The van der Waals surface area contributed by atoms with Gasteiger partial charge in [-0.15, -0.1) is 0 Å². The molecular formula is C12H6F4O2. The number of hydrogen-bond donors (Lipinski definition) is 2. The molecular weight excluding hydrogens is 252 g/mol. The molecule has 0 spiro atoms. The van der Waals surface area contributed by atoms with Crippen LogP contribution in [0.2, 0.25) is 0 Å². The quantitative estimate of drug-likeness (QED) is 0.770. The average molecular weight is 258 g/mol. The zero-order valence-corrected chi connectivity index (χ0v) is 8.72. The molecule has 0 saturated heterocycles. The van der Waals surface area contributed by atoms with Gasteiger partial charge in [-0.1, -0.05) is 0 Å². The highest BCUT2D eigenvalue weighted by atomic mass is 19.1. The van der Waals surface area contributed by atoms with Gasteiger partial charge in [-0.25, -0.2) is 13.2 Å². The number of aromatic hydroxyl groups is 2. The second-order valence-corrected chi connectivity index (χ2v) is 3.58. The van der Waals surface area contributed by atoms with Gasteiger partial charge in [-0.3, -0.25) is 0 Å². The molecule has 0 radical (unpaired) electrons. The lowest BCUT2D eigenvalue weighted by molar-refractivity contribution is 0.368. The molecule has 0 aliphatic carbocycles. The molecule has 0 atom stereocenters. The lowest BCUT2D eigenvalue weighted by atomic mass is 10.0. The predicted molar refractivity (Wildman–Crippen MR) is 55.0 cm³/mol. The van der Waals surface area contributed by atoms with E-state index in [1.54, 1.807) is 0 Å². The van der Waals surface area contributed by atoms with Crippen molar-refractivity contribution < 1.29 is 27.8 Å². The van der Waals surface area contributed by atoms with Crippen LogP contribution in [0.1, 0.15) is 0 Å². The molecule has 0 fully saturated rings. The Morgan fingerprint density at radius 2 is 1.28 bits per heavy atom. The maximum atomic E-state index is 13.2. The second-order valence-electron chi connectivity index (χ2n) is 3.58. The third-order valence-corrected chi connectivity index (χ3v) is 2.34. The van der Waals surface area contributed by atoms with E-state index in [0.29, 0.717) is 12.1 Å². The van der Waals surface area contributed by atoms with E-state index in [2.05, 4.69) is 0 Å². The fraction of sp³-hybridized carbons (Fsp3) is 0. The summed E-state index contributed by atoms with van der Waals surface area (Å²) in [5.41, 5.74) is -0.705. The molecule has 2 aromatic rings. The smallest absolute Gasteiger partial charge is 0.210 e. The number of phenolic OH excluding ortho intramolecular Hbond substituents is 2. The van der Waals surface area contributed by atoms with Crippen LogP contribution in [0.25, 0.3) is 11.1 Å². The highest BCUT2D eigenvalue weighted by molar-refractivity contribution is 5.71. The summed E-state index contributed by atoms with van der Waals surface area (Å²) in [5.74, 6) is -7.29. The summed E-state index contributed by atoms with van der Waals surface area (Å²) < 4.78 is 52.3. The highest BCUT2D eigenvalue weighted by Crippen LogP contribution is 2.38. The van der Waals surface area contributed by atoms with Crippen LogP contribution in [0.4, 0.5) is 17.6 Å². The molecule has 0 heterocycles. The molecule has 0 bridgehead atoms. The predicted octanol–water partition coefficient (Wildman–Crippen LogP) is 3.32. The van der Waals surface area contributed by atoms with Gasteiger partial charge >= 0.3 is 0 Å². The summed E-state index contributed by atoms with van der Waals surface area (Å²) in [7, 11) is 0. The van der Waals surface area contributed by atoms with Crippen LogP contribution in [-0.2, 0) is 0 Å². The topological polar surface area (TPSA) is 40.5 Å². The molecule has 94 valence electrons. The largest absolute Gasteiger partial charge is 0.504 e. The zero-order valence-electron chi connectivity index (χ0n) is 8.72. The van der Waals surface area contributed by atoms with Gasteiger partial charge < -0.3 is 10.2 Å². The minimum Gasteiger partial charge on any atom is -0.504 e. The van der Waals surface area contributed by atoms with Crippen LogP contribution >= 0.6 is 0 Å². The SMILES string of the molecule is Oc1c(F)cc(-c2cc(F)cc(F)c2)c(O)c1F. The second kappa shape index (κ2) is 4.21. The third-order valence-electron chi connectivity index (χ3n) is 2.34. The van der Waals surface area contributed by atoms with Crippen molar-refractivity contribution in [1.82, 2.24) is 0 Å². The van der Waals surface area contributed by atoms with Gasteiger partial charge in [0.05, 0.1) is 0 Å². The Bertz CT molecular complexity index is 606. The van der Waals surface area contributed by atoms with Crippen molar-refractivity contribution in [3.05, 3.63) is 47.5 Å². The van der Waals surface area contributed by atoms with Crippen molar-refractivity contribution in [3.8, 4) is 22.6 Å². The Kier molecular flexibility index (Phi) is 2.86. The molecule has 0 amide bonds. The molecule has 0 aromatic heterocycles. The lowest BCUT2D eigenvalue weighted by Crippen LogP contribution is -1.90. The van der Waals surface area contributed by atoms with E-state index in [-0.39, 0.29) is 5.56 Å². The van der Waals surface area contributed by atoms with Gasteiger partial charge in [0.15, 0.2) is 17.3 Å². The van der Waals surface area contributed by atoms with Gasteiger partial charge in [0.1, 0.15) is 11.6 Å². The van der Waals surface area contributed by atoms with Crippen LogP contribution in [-0.4, -0.2) is 10.2 Å². The van der Waals surface area contributed by atoms with Crippen molar-refractivity contribution in [2.75, 3.05) is 0 Å². The van der Waals surface area contributed by atoms with E-state index in [1.165, 1.54) is 0 Å². The van der Waals surface area contributed by atoms with Crippen LogP contribution in [0.15, 0.2) is 24.3 Å². The van der Waals surface area contributed by atoms with E-state index < -0.39 is 40.3 Å². The van der Waals surface area contributed by atoms with Crippen molar-refractivity contribution in [2.24, 2.45) is 0 Å². The number of benzene rings is 2. The molecule has 2 rings (SSSR count). The Morgan fingerprint density at radius 1 is 0.722 bits per heavy atom. The molecule has 2 aromatic carbocycles. The Labute approximate surface area is 98.7 Å². The molecule has 0 saturated carbocycles. The first-order valence-corrected chi connectivity index (χ1v) is 4.76. The zero-order chi connectivity index (χ0) is 13.4. The van der Waals surface area contributed by atoms with Crippen LogP contribution < -0.4 is 0 Å². The molecule has 0 aliphatic rings. The molecule has 2 nitrogen and oxygen atoms in total. The van der Waals surface area contributed by atoms with Crippen LogP contribution in [0.5, 0.6) is 11.5 Å². The summed E-state index contributed by atoms with van der Waals surface area (Å²) in [4.78, 5) is 0. The van der Waals surface area contributed by atoms with Gasteiger partial charge in [-0.2, -0.15) is 4.39 Å². The van der Waals surface area contributed by atoms with Crippen molar-refractivity contribution in [2.45, 2.75) is 0 Å². The molecule has 6 heteroatoms. The first-order valence-electron chi connectivity index (χ1n) is 4.76. The number of halogens is 4. The highest BCUT2D eigenvalue weighted by Gasteiger charge is 2.19. The molecule has 18 heavy (non-hydrogen) atoms. The van der Waals surface area contributed by atoms with Gasteiger partial charge in [-0.05, 0) is 23.8 Å². The van der Waals surface area contributed by atoms with Gasteiger partial charge in [0.25, 0.3) is 0 Å². The van der Waals surface area contributed by atoms with Crippen molar-refractivity contribution >= 4 is 0 Å². The minimum absolute atomic E-state index is 0.247. The Hall–Kier alpha value is -2.24. The van der Waals surface area contributed by atoms with Crippen LogP contribution in [0, 0.1) is 23.3 Å². The van der Waals surface area contributed by atoms with E-state index >= 15 is 0 Å². The summed E-state index contributed by atoms with van der Waals surface area (Å²) in [5, 5.41) is 18.3. The van der Waals surface area contributed by atoms with Crippen molar-refractivity contribution in [3.63, 3.8) is 0 Å². The van der Waals surface area contributed by atoms with Crippen LogP contribution in [0.3, 0.4) is 0 Å². The molecule has 0 unspecified atom stereocenters. The maximum Gasteiger partial charge on any atom is 0.210 e. The fourth-order valence-corrected chi connectivity index (χ4v) is 1.53. The molecule has 0 aliphatic heterocycles. The monoisotopic (exact) mass is 258 g/mol. The first kappa shape index (κ1) is 12.2. The summed E-state index contributed by atoms with van der Waals surface area (Å²) in [6.45, 7) is 0. The minimum atomic E-state index is -1.59. The average Bonchev–Trinajstić information content (AvgIpc) is 2.30. The third kappa shape index (κ3) is 1.97. The summed E-state index contributed by atoms with van der Waals surface area (Å²) in [6.07, 6.45) is 0. The molecule has 2 N–H and O–H groups in total. The van der Waals surface area contributed by atoms with E-state index in [0.717, 1.165) is 12.1 Å². The Morgan fingerprint density at radius 3 is 1.83 bits per heavy atom. The number of rotatable bonds is 1. The summed E-state index contributed by atoms with van der Waals surface area (Å²) >= 11 is 0. The van der Waals surface area contributed by atoms with Gasteiger partial charge in [0.2, 0.25) is 5.82 Å². The normalized spacial score (nSPS) is 10.7. The van der Waals surface area contributed by atoms with Crippen molar-refractivity contribution in [1.29, 1.82) is 0 Å². The number of hydrogen-bond acceptors (Lipinski definition) is 2. The maximum absolute atomic E-state index is 13.2. The lowest BCUT2D eigenvalue weighted by Gasteiger charge is -2.08. The standard InChI is InChI=1S/C12H6F4O2/c13-6-1-5(2-7(14)3-6)8-4-9(15)12(18)10(16)11(8)17/h1-4,17-18H. The van der Waals surface area contributed by atoms with Gasteiger partial charge in [0, 0.05) is 11.6 Å². The van der Waals surface area contributed by atoms with E-state index in [4.69, 9.17) is 5.11 Å². The number of phenols is 2. The van der Waals surface area contributed by atoms with E-state index in [9.17, 15) is 22.7 Å². The fourth-order valence-electron chi connectivity index (χ4n) is 1.53.